The maximum Gasteiger partial charge on any atom is 0.320 e. The van der Waals surface area contributed by atoms with Gasteiger partial charge in [0, 0.05) is 12.8 Å². The highest BCUT2D eigenvalue weighted by molar-refractivity contribution is 8.93. The van der Waals surface area contributed by atoms with Crippen molar-refractivity contribution in [3.63, 3.8) is 0 Å². The fraction of sp³-hybridized carbons (Fsp3) is 0.833. The Balaban J connectivity index is 0. The molecule has 1 atom stereocenters. The monoisotopic (exact) mass is 247 g/mol. The highest BCUT2D eigenvalue weighted by Crippen LogP contribution is 2.23. The minimum atomic E-state index is -2.96. The second-order valence-corrected chi connectivity index (χ2v) is 2.36. The maximum atomic E-state index is 12.4. The lowest BCUT2D eigenvalue weighted by Crippen LogP contribution is -2.36. The summed E-state index contributed by atoms with van der Waals surface area (Å²) in [6.07, 6.45) is -1.17. The van der Waals surface area contributed by atoms with Gasteiger partial charge in [-0.05, 0) is 0 Å². The van der Waals surface area contributed by atoms with Crippen molar-refractivity contribution in [2.75, 3.05) is 0 Å². The van der Waals surface area contributed by atoms with Crippen LogP contribution < -0.4 is 5.73 Å². The third-order valence-electron chi connectivity index (χ3n) is 1.35. The van der Waals surface area contributed by atoms with E-state index in [1.807, 2.05) is 0 Å². The molecule has 0 radical (unpaired) electrons. The average Bonchev–Trinajstić information content (AvgIpc) is 1.87. The Morgan fingerprint density at radius 1 is 1.67 bits per heavy atom. The van der Waals surface area contributed by atoms with Gasteiger partial charge in [-0.1, -0.05) is 6.92 Å². The Labute approximate surface area is 79.7 Å². The first-order valence-corrected chi connectivity index (χ1v) is 3.25. The predicted molar refractivity (Wildman–Crippen MR) is 45.8 cm³/mol. The zero-order chi connectivity index (χ0) is 9.07. The van der Waals surface area contributed by atoms with Crippen molar-refractivity contribution < 1.29 is 18.7 Å². The first-order valence-electron chi connectivity index (χ1n) is 3.25. The molecule has 0 aliphatic rings. The number of carboxylic acids is 1. The summed E-state index contributed by atoms with van der Waals surface area (Å²) in [4.78, 5) is 10.0. The van der Waals surface area contributed by atoms with Gasteiger partial charge in [-0.2, -0.15) is 0 Å². The highest BCUT2D eigenvalue weighted by atomic mass is 79.9. The Hall–Kier alpha value is -0.230. The third-order valence-corrected chi connectivity index (χ3v) is 1.35. The first kappa shape index (κ1) is 14.3. The van der Waals surface area contributed by atoms with E-state index in [-0.39, 0.29) is 23.4 Å². The van der Waals surface area contributed by atoms with Gasteiger partial charge in [0.25, 0.3) is 0 Å². The Kier molecular flexibility index (Phi) is 6.46. The van der Waals surface area contributed by atoms with Crippen molar-refractivity contribution in [1.29, 1.82) is 0 Å². The third kappa shape index (κ3) is 5.42. The summed E-state index contributed by atoms with van der Waals surface area (Å²) >= 11 is 0. The molecule has 0 aromatic heterocycles. The first-order chi connectivity index (χ1) is 4.89. The zero-order valence-corrected chi connectivity index (χ0v) is 8.30. The number of carboxylic acid groups (broad SMARTS) is 1. The molecule has 3 N–H and O–H groups in total. The van der Waals surface area contributed by atoms with Gasteiger partial charge in [-0.3, -0.25) is 4.79 Å². The lowest BCUT2D eigenvalue weighted by atomic mass is 10.1. The summed E-state index contributed by atoms with van der Waals surface area (Å²) in [6.45, 7) is 1.29. The highest BCUT2D eigenvalue weighted by Gasteiger charge is 2.31. The molecule has 0 rings (SSSR count). The fourth-order valence-electron chi connectivity index (χ4n) is 0.553. The molecule has 0 aliphatic heterocycles. The molecule has 0 fully saturated rings. The Morgan fingerprint density at radius 3 is 2.33 bits per heavy atom. The van der Waals surface area contributed by atoms with Crippen LogP contribution in [0, 0.1) is 0 Å². The minimum absolute atomic E-state index is 0. The van der Waals surface area contributed by atoms with E-state index in [1.54, 1.807) is 0 Å². The molecule has 0 bridgehead atoms. The number of hydrogen-bond acceptors (Lipinski definition) is 2. The van der Waals surface area contributed by atoms with Crippen LogP contribution in [0.2, 0.25) is 0 Å². The van der Waals surface area contributed by atoms with E-state index in [4.69, 9.17) is 10.8 Å². The summed E-state index contributed by atoms with van der Waals surface area (Å²) in [5, 5.41) is 8.18. The largest absolute Gasteiger partial charge is 0.480 e. The van der Waals surface area contributed by atoms with Crippen LogP contribution in [0.4, 0.5) is 8.78 Å². The molecule has 74 valence electrons. The smallest absolute Gasteiger partial charge is 0.320 e. The van der Waals surface area contributed by atoms with Gasteiger partial charge in [0.05, 0.1) is 0 Å². The lowest BCUT2D eigenvalue weighted by molar-refractivity contribution is -0.141. The van der Waals surface area contributed by atoms with E-state index < -0.39 is 24.4 Å². The van der Waals surface area contributed by atoms with Gasteiger partial charge in [0.15, 0.2) is 0 Å². The number of nitrogens with two attached hydrogens (primary N) is 1. The summed E-state index contributed by atoms with van der Waals surface area (Å²) in [6, 6.07) is -1.47. The van der Waals surface area contributed by atoms with E-state index in [0.717, 1.165) is 0 Å². The van der Waals surface area contributed by atoms with Crippen molar-refractivity contribution in [2.45, 2.75) is 31.7 Å². The molecule has 0 aliphatic carbocycles. The number of carbonyl (C=O) groups is 1. The van der Waals surface area contributed by atoms with E-state index in [1.165, 1.54) is 6.92 Å². The number of halogens is 3. The fourth-order valence-corrected chi connectivity index (χ4v) is 0.553. The second-order valence-electron chi connectivity index (χ2n) is 2.36. The molecule has 6 heteroatoms. The molecule has 0 amide bonds. The summed E-state index contributed by atoms with van der Waals surface area (Å²) in [5.74, 6) is -4.35. The van der Waals surface area contributed by atoms with Crippen molar-refractivity contribution in [3.8, 4) is 0 Å². The number of hydrogen-bond donors (Lipinski definition) is 2. The van der Waals surface area contributed by atoms with Gasteiger partial charge in [0.2, 0.25) is 5.92 Å². The molecule has 0 aromatic rings. The molecule has 0 saturated carbocycles. The van der Waals surface area contributed by atoms with Crippen molar-refractivity contribution >= 4 is 23.0 Å². The number of aliphatic carboxylic acids is 1. The Bertz CT molecular complexity index is 154. The van der Waals surface area contributed by atoms with E-state index in [9.17, 15) is 13.6 Å². The van der Waals surface area contributed by atoms with Crippen LogP contribution in [-0.2, 0) is 4.79 Å². The number of rotatable bonds is 4. The van der Waals surface area contributed by atoms with Crippen molar-refractivity contribution in [1.82, 2.24) is 0 Å². The van der Waals surface area contributed by atoms with Crippen LogP contribution in [-0.4, -0.2) is 23.0 Å². The molecule has 0 unspecified atom stereocenters. The van der Waals surface area contributed by atoms with Gasteiger partial charge in [-0.15, -0.1) is 17.0 Å². The second kappa shape index (κ2) is 5.42. The van der Waals surface area contributed by atoms with Gasteiger partial charge in [0.1, 0.15) is 6.04 Å². The summed E-state index contributed by atoms with van der Waals surface area (Å²) in [5.41, 5.74) is 4.90. The van der Waals surface area contributed by atoms with E-state index in [2.05, 4.69) is 0 Å². The van der Waals surface area contributed by atoms with Crippen LogP contribution in [0.15, 0.2) is 0 Å². The molecule has 0 heterocycles. The maximum absolute atomic E-state index is 12.4. The molecule has 0 spiro atoms. The summed E-state index contributed by atoms with van der Waals surface area (Å²) in [7, 11) is 0. The van der Waals surface area contributed by atoms with E-state index in [0.29, 0.717) is 0 Å². The van der Waals surface area contributed by atoms with Crippen LogP contribution in [0.1, 0.15) is 19.8 Å². The van der Waals surface area contributed by atoms with Gasteiger partial charge >= 0.3 is 5.97 Å². The molecular formula is C6H12BrF2NO2. The van der Waals surface area contributed by atoms with Crippen LogP contribution >= 0.6 is 17.0 Å². The molecule has 0 saturated heterocycles. The van der Waals surface area contributed by atoms with E-state index >= 15 is 0 Å². The molecule has 3 nitrogen and oxygen atoms in total. The SMILES string of the molecule is Br.CCC(F)(F)C[C@H](N)C(=O)O. The normalized spacial score (nSPS) is 13.3. The lowest BCUT2D eigenvalue weighted by Gasteiger charge is -2.15. The van der Waals surface area contributed by atoms with Gasteiger partial charge in [-0.25, -0.2) is 8.78 Å². The molecular weight excluding hydrogens is 236 g/mol. The van der Waals surface area contributed by atoms with Crippen LogP contribution in [0.25, 0.3) is 0 Å². The predicted octanol–water partition coefficient (Wildman–Crippen LogP) is 1.41. The summed E-state index contributed by atoms with van der Waals surface area (Å²) < 4.78 is 24.8. The number of alkyl halides is 2. The molecule has 12 heavy (non-hydrogen) atoms. The van der Waals surface area contributed by atoms with Gasteiger partial charge < -0.3 is 10.8 Å². The Morgan fingerprint density at radius 2 is 2.08 bits per heavy atom. The molecule has 0 aromatic carbocycles. The standard InChI is InChI=1S/C6H11F2NO2.BrH/c1-2-6(7,8)3-4(9)5(10)11;/h4H,2-3,9H2,1H3,(H,10,11);1H/t4-;/m0./s1. The topological polar surface area (TPSA) is 63.3 Å². The van der Waals surface area contributed by atoms with Crippen molar-refractivity contribution in [2.24, 2.45) is 5.73 Å². The zero-order valence-electron chi connectivity index (χ0n) is 6.59. The van der Waals surface area contributed by atoms with Crippen molar-refractivity contribution in [3.05, 3.63) is 0 Å². The van der Waals surface area contributed by atoms with Crippen LogP contribution in [0.3, 0.4) is 0 Å². The van der Waals surface area contributed by atoms with Crippen LogP contribution in [0.5, 0.6) is 0 Å². The average molecular weight is 248 g/mol. The minimum Gasteiger partial charge on any atom is -0.480 e. The quantitative estimate of drug-likeness (QED) is 0.790.